The van der Waals surface area contributed by atoms with Crippen LogP contribution in [0.4, 0.5) is 0 Å². The first kappa shape index (κ1) is 16.3. The maximum atomic E-state index is 12.9. The van der Waals surface area contributed by atoms with E-state index in [9.17, 15) is 4.79 Å². The van der Waals surface area contributed by atoms with E-state index in [0.717, 1.165) is 35.0 Å². The topological polar surface area (TPSA) is 60.2 Å². The fourth-order valence-electron chi connectivity index (χ4n) is 3.56. The Bertz CT molecular complexity index is 764. The molecule has 0 spiro atoms. The third kappa shape index (κ3) is 3.31. The number of nitrogens with zero attached hydrogens (tertiary/aromatic N) is 4. The van der Waals surface area contributed by atoms with Gasteiger partial charge in [0.2, 0.25) is 0 Å². The van der Waals surface area contributed by atoms with E-state index < -0.39 is 0 Å². The number of aromatic nitrogens is 3. The molecule has 25 heavy (non-hydrogen) atoms. The first-order valence-corrected chi connectivity index (χ1v) is 8.93. The molecular weight excluding hydrogens is 316 g/mol. The zero-order valence-electron chi connectivity index (χ0n) is 14.8. The van der Waals surface area contributed by atoms with Crippen LogP contribution in [-0.4, -0.2) is 46.1 Å². The van der Waals surface area contributed by atoms with Gasteiger partial charge in [-0.05, 0) is 37.8 Å². The smallest absolute Gasteiger partial charge is 0.254 e. The van der Waals surface area contributed by atoms with Gasteiger partial charge in [-0.25, -0.2) is 4.68 Å². The average molecular weight is 340 g/mol. The second kappa shape index (κ2) is 6.59. The largest absolute Gasteiger partial charge is 0.384 e. The van der Waals surface area contributed by atoms with E-state index in [0.29, 0.717) is 19.7 Å². The summed E-state index contributed by atoms with van der Waals surface area (Å²) in [5.74, 6) is 0.904. The molecule has 2 aliphatic rings. The van der Waals surface area contributed by atoms with E-state index >= 15 is 0 Å². The monoisotopic (exact) mass is 340 g/mol. The highest BCUT2D eigenvalue weighted by Gasteiger charge is 2.34. The number of carbonyl (C=O) groups excluding carboxylic acids is 1. The summed E-state index contributed by atoms with van der Waals surface area (Å²) in [6.45, 7) is 4.70. The highest BCUT2D eigenvalue weighted by atomic mass is 16.5. The highest BCUT2D eigenvalue weighted by Crippen LogP contribution is 2.34. The molecule has 132 valence electrons. The normalized spacial score (nSPS) is 19.8. The number of hydrogen-bond donors (Lipinski definition) is 0. The van der Waals surface area contributed by atoms with Crippen LogP contribution in [0.5, 0.6) is 0 Å². The first-order chi connectivity index (χ1) is 12.2. The van der Waals surface area contributed by atoms with Crippen LogP contribution >= 0.6 is 0 Å². The van der Waals surface area contributed by atoms with Crippen molar-refractivity contribution in [3.63, 3.8) is 0 Å². The zero-order chi connectivity index (χ0) is 17.4. The molecule has 1 fully saturated rings. The second-order valence-electron chi connectivity index (χ2n) is 7.25. The summed E-state index contributed by atoms with van der Waals surface area (Å²) in [5.41, 5.74) is 3.93. The number of hydrogen-bond acceptors (Lipinski definition) is 4. The summed E-state index contributed by atoms with van der Waals surface area (Å²) in [7, 11) is 1.70. The van der Waals surface area contributed by atoms with E-state index in [4.69, 9.17) is 4.74 Å². The fraction of sp³-hybridized carbons (Fsp3) is 0.526. The van der Waals surface area contributed by atoms with Crippen LogP contribution < -0.4 is 0 Å². The number of fused-ring (bicyclic) bond motifs is 1. The maximum absolute atomic E-state index is 12.9. The summed E-state index contributed by atoms with van der Waals surface area (Å²) in [6, 6.07) is 7.73. The van der Waals surface area contributed by atoms with Gasteiger partial charge in [-0.15, -0.1) is 5.10 Å². The lowest BCUT2D eigenvalue weighted by atomic mass is 9.98. The quantitative estimate of drug-likeness (QED) is 0.838. The first-order valence-electron chi connectivity index (χ1n) is 8.93. The molecule has 6 heteroatoms. The van der Waals surface area contributed by atoms with Gasteiger partial charge in [0.05, 0.1) is 18.8 Å². The maximum Gasteiger partial charge on any atom is 0.254 e. The van der Waals surface area contributed by atoms with Crippen molar-refractivity contribution < 1.29 is 9.53 Å². The molecule has 4 rings (SSSR count). The molecule has 1 unspecified atom stereocenters. The number of carbonyl (C=O) groups is 1. The Morgan fingerprint density at radius 1 is 1.28 bits per heavy atom. The lowest BCUT2D eigenvalue weighted by Crippen LogP contribution is -2.40. The summed E-state index contributed by atoms with van der Waals surface area (Å²) in [5, 5.41) is 8.74. The molecule has 0 radical (unpaired) electrons. The predicted octanol–water partition coefficient (Wildman–Crippen LogP) is 2.38. The number of rotatable bonds is 5. The molecule has 1 atom stereocenters. The molecule has 2 aromatic rings. The van der Waals surface area contributed by atoms with Crippen LogP contribution in [0.25, 0.3) is 0 Å². The van der Waals surface area contributed by atoms with Crippen LogP contribution in [0.1, 0.15) is 46.1 Å². The Balaban J connectivity index is 1.59. The molecule has 2 heterocycles. The van der Waals surface area contributed by atoms with Gasteiger partial charge >= 0.3 is 0 Å². The van der Waals surface area contributed by atoms with Gasteiger partial charge in [-0.3, -0.25) is 4.79 Å². The third-order valence-corrected chi connectivity index (χ3v) is 5.10. The van der Waals surface area contributed by atoms with Crippen molar-refractivity contribution in [1.82, 2.24) is 19.9 Å². The van der Waals surface area contributed by atoms with E-state index in [1.165, 1.54) is 12.8 Å². The second-order valence-corrected chi connectivity index (χ2v) is 7.25. The predicted molar refractivity (Wildman–Crippen MR) is 93.3 cm³/mol. The van der Waals surface area contributed by atoms with Gasteiger partial charge in [0.25, 0.3) is 5.91 Å². The summed E-state index contributed by atoms with van der Waals surface area (Å²) >= 11 is 0. The Morgan fingerprint density at radius 3 is 2.72 bits per heavy atom. The van der Waals surface area contributed by atoms with Gasteiger partial charge in [0, 0.05) is 31.7 Å². The van der Waals surface area contributed by atoms with Crippen molar-refractivity contribution in [1.29, 1.82) is 0 Å². The van der Waals surface area contributed by atoms with Crippen molar-refractivity contribution in [2.24, 2.45) is 5.92 Å². The number of ether oxygens (including phenoxy) is 1. The molecule has 1 aromatic carbocycles. The summed E-state index contributed by atoms with van der Waals surface area (Å²) in [4.78, 5) is 14.8. The molecule has 1 saturated carbocycles. The van der Waals surface area contributed by atoms with Gasteiger partial charge in [-0.1, -0.05) is 22.9 Å². The van der Waals surface area contributed by atoms with E-state index in [-0.39, 0.29) is 11.8 Å². The molecule has 1 amide bonds. The lowest BCUT2D eigenvalue weighted by Gasteiger charge is -2.32. The van der Waals surface area contributed by atoms with Crippen molar-refractivity contribution in [2.45, 2.75) is 38.8 Å². The average Bonchev–Trinajstić information content (AvgIpc) is 3.34. The van der Waals surface area contributed by atoms with E-state index in [2.05, 4.69) is 10.3 Å². The lowest BCUT2D eigenvalue weighted by molar-refractivity contribution is 0.0672. The number of aryl methyl sites for hydroxylation is 1. The summed E-state index contributed by atoms with van der Waals surface area (Å²) < 4.78 is 7.47. The molecule has 0 saturated heterocycles. The minimum Gasteiger partial charge on any atom is -0.384 e. The Hall–Kier alpha value is -2.21. The van der Waals surface area contributed by atoms with Crippen LogP contribution in [0.3, 0.4) is 0 Å². The van der Waals surface area contributed by atoms with Crippen LogP contribution in [0.15, 0.2) is 24.3 Å². The van der Waals surface area contributed by atoms with Crippen molar-refractivity contribution in [2.75, 3.05) is 20.3 Å². The van der Waals surface area contributed by atoms with Gasteiger partial charge in [0.15, 0.2) is 0 Å². The standard InChI is InChI=1S/C19H24N4O2/c1-13-3-7-15(8-4-13)19(24)22-10-16(12-25-2)18-17(11-22)20-21-23(18)9-14-5-6-14/h3-4,7-8,14,16H,5-6,9-12H2,1-2H3. The van der Waals surface area contributed by atoms with Gasteiger partial charge in [-0.2, -0.15) is 0 Å². The molecule has 6 nitrogen and oxygen atoms in total. The number of benzene rings is 1. The zero-order valence-corrected chi connectivity index (χ0v) is 14.8. The molecule has 1 aliphatic heterocycles. The van der Waals surface area contributed by atoms with Crippen molar-refractivity contribution in [3.05, 3.63) is 46.8 Å². The number of methoxy groups -OCH3 is 1. The molecule has 0 bridgehead atoms. The minimum absolute atomic E-state index is 0.0449. The van der Waals surface area contributed by atoms with Crippen molar-refractivity contribution in [3.8, 4) is 0 Å². The van der Waals surface area contributed by atoms with Crippen LogP contribution in [0, 0.1) is 12.8 Å². The Labute approximate surface area is 147 Å². The van der Waals surface area contributed by atoms with E-state index in [1.807, 2.05) is 40.8 Å². The molecule has 1 aromatic heterocycles. The number of amides is 1. The summed E-state index contributed by atoms with van der Waals surface area (Å²) in [6.07, 6.45) is 2.56. The molecular formula is C19H24N4O2. The minimum atomic E-state index is 0.0449. The third-order valence-electron chi connectivity index (χ3n) is 5.10. The fourth-order valence-corrected chi connectivity index (χ4v) is 3.56. The highest BCUT2D eigenvalue weighted by molar-refractivity contribution is 5.94. The van der Waals surface area contributed by atoms with E-state index in [1.54, 1.807) is 7.11 Å². The van der Waals surface area contributed by atoms with Crippen molar-refractivity contribution >= 4 is 5.91 Å². The van der Waals surface area contributed by atoms with Gasteiger partial charge in [0.1, 0.15) is 5.69 Å². The Morgan fingerprint density at radius 2 is 2.04 bits per heavy atom. The SMILES string of the molecule is COCC1CN(C(=O)c2ccc(C)cc2)Cc2nnn(CC3CC3)c21. The molecule has 1 aliphatic carbocycles. The molecule has 0 N–H and O–H groups in total. The Kier molecular flexibility index (Phi) is 4.29. The van der Waals surface area contributed by atoms with Gasteiger partial charge < -0.3 is 9.64 Å². The van der Waals surface area contributed by atoms with Crippen LogP contribution in [0.2, 0.25) is 0 Å². The van der Waals surface area contributed by atoms with Crippen LogP contribution in [-0.2, 0) is 17.8 Å².